The average molecular weight is 283 g/mol. The SMILES string of the molecule is COc1cc(NCCC(C)(C)C#N)c(OC)cc1Cl. The Morgan fingerprint density at radius 3 is 2.42 bits per heavy atom. The molecule has 19 heavy (non-hydrogen) atoms. The van der Waals surface area contributed by atoms with Gasteiger partial charge in [-0.25, -0.2) is 0 Å². The van der Waals surface area contributed by atoms with E-state index in [4.69, 9.17) is 26.3 Å². The topological polar surface area (TPSA) is 54.3 Å². The van der Waals surface area contributed by atoms with Crippen LogP contribution < -0.4 is 14.8 Å². The van der Waals surface area contributed by atoms with E-state index in [0.717, 1.165) is 12.1 Å². The van der Waals surface area contributed by atoms with Crippen LogP contribution in [0.3, 0.4) is 0 Å². The van der Waals surface area contributed by atoms with E-state index in [1.807, 2.05) is 13.8 Å². The first-order valence-electron chi connectivity index (χ1n) is 6.00. The number of methoxy groups -OCH3 is 2. The minimum atomic E-state index is -0.350. The lowest BCUT2D eigenvalue weighted by Crippen LogP contribution is -2.15. The number of halogens is 1. The fraction of sp³-hybridized carbons (Fsp3) is 0.500. The molecule has 0 heterocycles. The molecule has 5 heteroatoms. The van der Waals surface area contributed by atoms with Crippen LogP contribution in [0.25, 0.3) is 0 Å². The van der Waals surface area contributed by atoms with E-state index in [0.29, 0.717) is 23.1 Å². The highest BCUT2D eigenvalue weighted by Crippen LogP contribution is 2.36. The van der Waals surface area contributed by atoms with Crippen LogP contribution in [0.2, 0.25) is 5.02 Å². The molecule has 1 aromatic rings. The lowest BCUT2D eigenvalue weighted by Gasteiger charge is -2.18. The highest BCUT2D eigenvalue weighted by Gasteiger charge is 2.16. The third kappa shape index (κ3) is 4.22. The lowest BCUT2D eigenvalue weighted by atomic mass is 9.91. The summed E-state index contributed by atoms with van der Waals surface area (Å²) >= 11 is 6.03. The monoisotopic (exact) mass is 282 g/mol. The van der Waals surface area contributed by atoms with Crippen molar-refractivity contribution in [2.75, 3.05) is 26.1 Å². The molecule has 1 rings (SSSR count). The van der Waals surface area contributed by atoms with E-state index in [1.165, 1.54) is 0 Å². The van der Waals surface area contributed by atoms with Crippen LogP contribution >= 0.6 is 11.6 Å². The average Bonchev–Trinajstić information content (AvgIpc) is 2.39. The summed E-state index contributed by atoms with van der Waals surface area (Å²) in [6.45, 7) is 4.49. The largest absolute Gasteiger partial charge is 0.495 e. The Hall–Kier alpha value is -1.60. The van der Waals surface area contributed by atoms with Crippen LogP contribution in [0.1, 0.15) is 20.3 Å². The zero-order valence-corrected chi connectivity index (χ0v) is 12.5. The second-order valence-corrected chi connectivity index (χ2v) is 5.27. The molecule has 0 aliphatic rings. The molecule has 0 saturated carbocycles. The molecule has 0 spiro atoms. The summed E-state index contributed by atoms with van der Waals surface area (Å²) in [4.78, 5) is 0. The van der Waals surface area contributed by atoms with Crippen LogP contribution in [0.4, 0.5) is 5.69 Å². The molecule has 0 aliphatic carbocycles. The molecule has 0 radical (unpaired) electrons. The second-order valence-electron chi connectivity index (χ2n) is 4.86. The maximum Gasteiger partial charge on any atom is 0.143 e. The number of anilines is 1. The fourth-order valence-electron chi connectivity index (χ4n) is 1.56. The number of nitriles is 1. The molecule has 0 amide bonds. The van der Waals surface area contributed by atoms with Gasteiger partial charge in [0.15, 0.2) is 0 Å². The van der Waals surface area contributed by atoms with Crippen molar-refractivity contribution in [3.05, 3.63) is 17.2 Å². The summed E-state index contributed by atoms with van der Waals surface area (Å²) in [5.41, 5.74) is 0.453. The van der Waals surface area contributed by atoms with E-state index in [2.05, 4.69) is 11.4 Å². The van der Waals surface area contributed by atoms with Gasteiger partial charge in [-0.05, 0) is 20.3 Å². The van der Waals surface area contributed by atoms with Gasteiger partial charge in [0, 0.05) is 18.7 Å². The molecular weight excluding hydrogens is 264 g/mol. The maximum atomic E-state index is 8.97. The summed E-state index contributed by atoms with van der Waals surface area (Å²) < 4.78 is 10.4. The number of hydrogen-bond donors (Lipinski definition) is 1. The molecule has 1 N–H and O–H groups in total. The van der Waals surface area contributed by atoms with E-state index in [9.17, 15) is 0 Å². The molecule has 0 fully saturated rings. The summed E-state index contributed by atoms with van der Waals surface area (Å²) in [5, 5.41) is 12.7. The third-order valence-electron chi connectivity index (χ3n) is 2.84. The maximum absolute atomic E-state index is 8.97. The molecule has 0 aliphatic heterocycles. The van der Waals surface area contributed by atoms with Crippen LogP contribution in [0, 0.1) is 16.7 Å². The van der Waals surface area contributed by atoms with Crippen LogP contribution in [-0.4, -0.2) is 20.8 Å². The van der Waals surface area contributed by atoms with E-state index < -0.39 is 0 Å². The Morgan fingerprint density at radius 1 is 1.26 bits per heavy atom. The van der Waals surface area contributed by atoms with Crippen LogP contribution in [-0.2, 0) is 0 Å². The molecular formula is C14H19ClN2O2. The molecule has 0 atom stereocenters. The molecule has 1 aromatic carbocycles. The Balaban J connectivity index is 2.80. The first-order valence-corrected chi connectivity index (χ1v) is 6.38. The van der Waals surface area contributed by atoms with Gasteiger partial charge in [0.1, 0.15) is 11.5 Å². The van der Waals surface area contributed by atoms with Crippen LogP contribution in [0.15, 0.2) is 12.1 Å². The van der Waals surface area contributed by atoms with Gasteiger partial charge >= 0.3 is 0 Å². The van der Waals surface area contributed by atoms with Crippen molar-refractivity contribution in [3.8, 4) is 17.6 Å². The third-order valence-corrected chi connectivity index (χ3v) is 3.14. The molecule has 0 unspecified atom stereocenters. The predicted octanol–water partition coefficient (Wildman–Crippen LogP) is 3.71. The fourth-order valence-corrected chi connectivity index (χ4v) is 1.79. The summed E-state index contributed by atoms with van der Waals surface area (Å²) in [5.74, 6) is 1.24. The van der Waals surface area contributed by atoms with Crippen molar-refractivity contribution in [2.45, 2.75) is 20.3 Å². The van der Waals surface area contributed by atoms with Crippen molar-refractivity contribution in [1.29, 1.82) is 5.26 Å². The Labute approximate surface area is 119 Å². The zero-order valence-electron chi connectivity index (χ0n) is 11.7. The number of ether oxygens (including phenoxy) is 2. The van der Waals surface area contributed by atoms with Gasteiger partial charge in [-0.15, -0.1) is 0 Å². The lowest BCUT2D eigenvalue weighted by molar-refractivity contribution is 0.404. The van der Waals surface area contributed by atoms with E-state index in [1.54, 1.807) is 26.4 Å². The minimum absolute atomic E-state index is 0.350. The zero-order chi connectivity index (χ0) is 14.5. The van der Waals surface area contributed by atoms with E-state index in [-0.39, 0.29) is 5.41 Å². The minimum Gasteiger partial charge on any atom is -0.495 e. The quantitative estimate of drug-likeness (QED) is 0.864. The van der Waals surface area contributed by atoms with Crippen molar-refractivity contribution in [3.63, 3.8) is 0 Å². The highest BCUT2D eigenvalue weighted by atomic mass is 35.5. The normalized spacial score (nSPS) is 10.7. The van der Waals surface area contributed by atoms with Gasteiger partial charge in [-0.1, -0.05) is 11.6 Å². The van der Waals surface area contributed by atoms with Gasteiger partial charge in [0.2, 0.25) is 0 Å². The molecule has 4 nitrogen and oxygen atoms in total. The van der Waals surface area contributed by atoms with Crippen molar-refractivity contribution >= 4 is 17.3 Å². The van der Waals surface area contributed by atoms with Gasteiger partial charge < -0.3 is 14.8 Å². The van der Waals surface area contributed by atoms with Gasteiger partial charge in [-0.2, -0.15) is 5.26 Å². The van der Waals surface area contributed by atoms with Crippen LogP contribution in [0.5, 0.6) is 11.5 Å². The first kappa shape index (κ1) is 15.5. The van der Waals surface area contributed by atoms with Gasteiger partial charge in [-0.3, -0.25) is 0 Å². The smallest absolute Gasteiger partial charge is 0.143 e. The number of nitrogens with zero attached hydrogens (tertiary/aromatic N) is 1. The van der Waals surface area contributed by atoms with Gasteiger partial charge in [0.05, 0.1) is 36.4 Å². The molecule has 0 saturated heterocycles. The Kier molecular flexibility index (Phi) is 5.31. The Morgan fingerprint density at radius 2 is 1.89 bits per heavy atom. The molecule has 0 aromatic heterocycles. The van der Waals surface area contributed by atoms with Gasteiger partial charge in [0.25, 0.3) is 0 Å². The molecule has 104 valence electrons. The standard InChI is InChI=1S/C14H19ClN2O2/c1-14(2,9-16)5-6-17-11-8-12(18-3)10(15)7-13(11)19-4/h7-8,17H,5-6H2,1-4H3. The van der Waals surface area contributed by atoms with E-state index >= 15 is 0 Å². The second kappa shape index (κ2) is 6.53. The summed E-state index contributed by atoms with van der Waals surface area (Å²) in [6, 6.07) is 5.77. The van der Waals surface area contributed by atoms with Crippen molar-refractivity contribution in [2.24, 2.45) is 5.41 Å². The highest BCUT2D eigenvalue weighted by molar-refractivity contribution is 6.32. The number of hydrogen-bond acceptors (Lipinski definition) is 4. The predicted molar refractivity (Wildman–Crippen MR) is 77.1 cm³/mol. The number of nitrogens with one attached hydrogen (secondary N) is 1. The number of benzene rings is 1. The van der Waals surface area contributed by atoms with Crippen molar-refractivity contribution in [1.82, 2.24) is 0 Å². The molecule has 0 bridgehead atoms. The number of rotatable bonds is 6. The first-order chi connectivity index (χ1) is 8.93. The summed E-state index contributed by atoms with van der Waals surface area (Å²) in [7, 11) is 3.15. The summed E-state index contributed by atoms with van der Waals surface area (Å²) in [6.07, 6.45) is 0.734. The van der Waals surface area contributed by atoms with Crippen molar-refractivity contribution < 1.29 is 9.47 Å². The Bertz CT molecular complexity index is 481.